The van der Waals surface area contributed by atoms with Crippen LogP contribution in [0.25, 0.3) is 10.9 Å². The summed E-state index contributed by atoms with van der Waals surface area (Å²) in [5.41, 5.74) is 5.26. The zero-order valence-corrected chi connectivity index (χ0v) is 20.5. The first kappa shape index (κ1) is 24.4. The number of ether oxygens (including phenoxy) is 2. The molecule has 1 aromatic carbocycles. The van der Waals surface area contributed by atoms with E-state index in [1.54, 1.807) is 20.0 Å². The van der Waals surface area contributed by atoms with E-state index in [4.69, 9.17) is 9.47 Å². The SMILES string of the molecule is CON=CC(C)(C)NC(=O)C(OC)Oc1cc(C)c2ncc(C#C[Si](C)(C)C)cc2c1. The van der Waals surface area contributed by atoms with Crippen molar-refractivity contribution in [2.75, 3.05) is 14.2 Å². The van der Waals surface area contributed by atoms with E-state index in [1.165, 1.54) is 20.4 Å². The quantitative estimate of drug-likeness (QED) is 0.233. The van der Waals surface area contributed by atoms with E-state index in [9.17, 15) is 4.79 Å². The number of nitrogens with one attached hydrogen (secondary N) is 1. The Bertz CT molecular complexity index is 1030. The fourth-order valence-electron chi connectivity index (χ4n) is 2.72. The Morgan fingerprint density at radius 1 is 1.26 bits per heavy atom. The third-order valence-corrected chi connectivity index (χ3v) is 5.00. The number of hydrogen-bond donors (Lipinski definition) is 1. The van der Waals surface area contributed by atoms with Crippen molar-refractivity contribution in [3.8, 4) is 17.2 Å². The number of aryl methyl sites for hydroxylation is 1. The molecule has 0 radical (unpaired) electrons. The molecule has 0 aliphatic heterocycles. The minimum atomic E-state index is -1.49. The van der Waals surface area contributed by atoms with Gasteiger partial charge in [-0.1, -0.05) is 30.7 Å². The molecule has 1 amide bonds. The predicted molar refractivity (Wildman–Crippen MR) is 126 cm³/mol. The third kappa shape index (κ3) is 7.38. The molecule has 0 saturated heterocycles. The number of rotatable bonds is 7. The molecule has 31 heavy (non-hydrogen) atoms. The Morgan fingerprint density at radius 2 is 1.97 bits per heavy atom. The summed E-state index contributed by atoms with van der Waals surface area (Å²) >= 11 is 0. The van der Waals surface area contributed by atoms with Crippen LogP contribution < -0.4 is 10.1 Å². The Labute approximate surface area is 185 Å². The zero-order chi connectivity index (χ0) is 23.2. The largest absolute Gasteiger partial charge is 0.455 e. The summed E-state index contributed by atoms with van der Waals surface area (Å²) in [7, 11) is 1.37. The molecule has 0 bridgehead atoms. The summed E-state index contributed by atoms with van der Waals surface area (Å²) in [6.45, 7) is 12.1. The number of aromatic nitrogens is 1. The number of fused-ring (bicyclic) bond motifs is 1. The van der Waals surface area contributed by atoms with Gasteiger partial charge < -0.3 is 19.6 Å². The van der Waals surface area contributed by atoms with E-state index in [0.29, 0.717) is 5.75 Å². The molecule has 0 saturated carbocycles. The summed E-state index contributed by atoms with van der Waals surface area (Å²) in [6.07, 6.45) is 2.15. The first-order valence-corrected chi connectivity index (χ1v) is 13.5. The second kappa shape index (κ2) is 9.94. The summed E-state index contributed by atoms with van der Waals surface area (Å²) in [5, 5.41) is 7.41. The van der Waals surface area contributed by atoms with Crippen LogP contribution in [-0.2, 0) is 14.4 Å². The normalized spacial score (nSPS) is 12.9. The van der Waals surface area contributed by atoms with Gasteiger partial charge in [0.2, 0.25) is 0 Å². The average molecular weight is 442 g/mol. The van der Waals surface area contributed by atoms with Crippen molar-refractivity contribution in [2.24, 2.45) is 5.16 Å². The van der Waals surface area contributed by atoms with Crippen molar-refractivity contribution in [3.05, 3.63) is 35.5 Å². The van der Waals surface area contributed by atoms with Crippen LogP contribution in [0.1, 0.15) is 25.0 Å². The monoisotopic (exact) mass is 441 g/mol. The lowest BCUT2D eigenvalue weighted by molar-refractivity contribution is -0.149. The van der Waals surface area contributed by atoms with Crippen molar-refractivity contribution in [1.29, 1.82) is 0 Å². The summed E-state index contributed by atoms with van der Waals surface area (Å²) in [4.78, 5) is 21.9. The molecule has 0 aliphatic carbocycles. The highest BCUT2D eigenvalue weighted by molar-refractivity contribution is 6.83. The van der Waals surface area contributed by atoms with Crippen molar-refractivity contribution < 1.29 is 19.1 Å². The van der Waals surface area contributed by atoms with Crippen LogP contribution >= 0.6 is 0 Å². The summed E-state index contributed by atoms with van der Waals surface area (Å²) < 4.78 is 11.1. The highest BCUT2D eigenvalue weighted by atomic mass is 28.3. The van der Waals surface area contributed by atoms with Gasteiger partial charge in [0.05, 0.1) is 17.3 Å². The molecule has 0 fully saturated rings. The van der Waals surface area contributed by atoms with Gasteiger partial charge in [-0.25, -0.2) is 0 Å². The molecule has 1 aromatic heterocycles. The standard InChI is InChI=1S/C23H31N3O4Si/c1-16-11-19(30-22(28-4)21(27)26-23(2,3)15-25-29-5)13-18-12-17(14-24-20(16)18)9-10-31(6,7)8/h11-15,22H,1-8H3,(H,26,27). The molecule has 1 unspecified atom stereocenters. The van der Waals surface area contributed by atoms with E-state index in [2.05, 4.69) is 51.4 Å². The Balaban J connectivity index is 2.28. The number of pyridine rings is 1. The topological polar surface area (TPSA) is 82.0 Å². The number of carbonyl (C=O) groups is 1. The Kier molecular flexibility index (Phi) is 7.82. The van der Waals surface area contributed by atoms with Crippen LogP contribution in [0.2, 0.25) is 19.6 Å². The van der Waals surface area contributed by atoms with E-state index in [1.807, 2.05) is 25.1 Å². The number of methoxy groups -OCH3 is 1. The average Bonchev–Trinajstić information content (AvgIpc) is 2.67. The summed E-state index contributed by atoms with van der Waals surface area (Å²) in [6, 6.07) is 5.66. The van der Waals surface area contributed by atoms with Gasteiger partial charge in [0, 0.05) is 24.3 Å². The number of benzene rings is 1. The molecule has 2 aromatic rings. The molecule has 0 aliphatic rings. The van der Waals surface area contributed by atoms with E-state index < -0.39 is 25.8 Å². The number of nitrogens with zero attached hydrogens (tertiary/aromatic N) is 2. The molecule has 1 atom stereocenters. The minimum Gasteiger partial charge on any atom is -0.455 e. The fraction of sp³-hybridized carbons (Fsp3) is 0.435. The van der Waals surface area contributed by atoms with Crippen molar-refractivity contribution in [1.82, 2.24) is 10.3 Å². The van der Waals surface area contributed by atoms with Crippen LogP contribution in [0, 0.1) is 18.4 Å². The lowest BCUT2D eigenvalue weighted by atomic mass is 10.1. The molecule has 2 rings (SSSR count). The first-order chi connectivity index (χ1) is 14.4. The Hall–Kier alpha value is -2.89. The maximum Gasteiger partial charge on any atom is 0.290 e. The van der Waals surface area contributed by atoms with Crippen LogP contribution in [-0.4, -0.2) is 51.2 Å². The zero-order valence-electron chi connectivity index (χ0n) is 19.5. The smallest absolute Gasteiger partial charge is 0.290 e. The predicted octanol–water partition coefficient (Wildman–Crippen LogP) is 3.65. The molecule has 8 heteroatoms. The lowest BCUT2D eigenvalue weighted by Crippen LogP contribution is -2.51. The van der Waals surface area contributed by atoms with Crippen molar-refractivity contribution in [2.45, 2.75) is 52.2 Å². The Morgan fingerprint density at radius 3 is 2.58 bits per heavy atom. The van der Waals surface area contributed by atoms with Gasteiger partial charge in [0.1, 0.15) is 20.9 Å². The van der Waals surface area contributed by atoms with Gasteiger partial charge >= 0.3 is 0 Å². The second-order valence-corrected chi connectivity index (χ2v) is 13.6. The number of carbonyl (C=O) groups excluding carboxylic acids is 1. The lowest BCUT2D eigenvalue weighted by Gasteiger charge is -2.24. The van der Waals surface area contributed by atoms with Crippen LogP contribution in [0.15, 0.2) is 29.6 Å². The van der Waals surface area contributed by atoms with Crippen LogP contribution in [0.5, 0.6) is 5.75 Å². The highest BCUT2D eigenvalue weighted by Crippen LogP contribution is 2.25. The third-order valence-electron chi connectivity index (χ3n) is 4.13. The number of oxime groups is 1. The van der Waals surface area contributed by atoms with Crippen LogP contribution in [0.3, 0.4) is 0 Å². The molecular weight excluding hydrogens is 410 g/mol. The maximum atomic E-state index is 12.6. The number of amides is 1. The minimum absolute atomic E-state index is 0.430. The van der Waals surface area contributed by atoms with Gasteiger partial charge in [0.15, 0.2) is 0 Å². The first-order valence-electron chi connectivity index (χ1n) is 9.97. The van der Waals surface area contributed by atoms with Gasteiger partial charge in [-0.3, -0.25) is 9.78 Å². The van der Waals surface area contributed by atoms with E-state index in [-0.39, 0.29) is 0 Å². The van der Waals surface area contributed by atoms with Crippen molar-refractivity contribution in [3.63, 3.8) is 0 Å². The highest BCUT2D eigenvalue weighted by Gasteiger charge is 2.26. The van der Waals surface area contributed by atoms with Gasteiger partial charge in [-0.15, -0.1) is 5.54 Å². The molecule has 1 N–H and O–H groups in total. The molecular formula is C23H31N3O4Si. The molecule has 166 valence electrons. The second-order valence-electron chi connectivity index (χ2n) is 8.85. The van der Waals surface area contributed by atoms with Crippen LogP contribution in [0.4, 0.5) is 0 Å². The van der Waals surface area contributed by atoms with Gasteiger partial charge in [-0.05, 0) is 44.5 Å². The van der Waals surface area contributed by atoms with E-state index >= 15 is 0 Å². The summed E-state index contributed by atoms with van der Waals surface area (Å²) in [5.74, 6) is 3.30. The molecule has 0 spiro atoms. The molecule has 1 heterocycles. The van der Waals surface area contributed by atoms with Crippen molar-refractivity contribution >= 4 is 31.1 Å². The van der Waals surface area contributed by atoms with Gasteiger partial charge in [0.25, 0.3) is 12.2 Å². The maximum absolute atomic E-state index is 12.6. The fourth-order valence-corrected chi connectivity index (χ4v) is 3.24. The van der Waals surface area contributed by atoms with E-state index in [0.717, 1.165) is 22.0 Å². The number of hydrogen-bond acceptors (Lipinski definition) is 6. The van der Waals surface area contributed by atoms with Gasteiger partial charge in [-0.2, -0.15) is 0 Å². The molecule has 7 nitrogen and oxygen atoms in total.